The van der Waals surface area contributed by atoms with E-state index >= 15 is 0 Å². The summed E-state index contributed by atoms with van der Waals surface area (Å²) in [5.41, 5.74) is 0.257. The van der Waals surface area contributed by atoms with E-state index in [0.29, 0.717) is 6.04 Å². The van der Waals surface area contributed by atoms with Crippen LogP contribution in [-0.4, -0.2) is 22.8 Å². The number of aliphatic hydroxyl groups excluding tert-OH is 1. The van der Waals surface area contributed by atoms with Crippen molar-refractivity contribution < 1.29 is 5.11 Å². The first-order chi connectivity index (χ1) is 6.03. The van der Waals surface area contributed by atoms with Crippen molar-refractivity contribution in [1.82, 2.24) is 5.32 Å². The van der Waals surface area contributed by atoms with Crippen molar-refractivity contribution in [2.75, 3.05) is 0 Å². The number of hydrogen-bond acceptors (Lipinski definition) is 2. The monoisotopic (exact) mass is 185 g/mol. The van der Waals surface area contributed by atoms with Gasteiger partial charge in [-0.2, -0.15) is 0 Å². The lowest BCUT2D eigenvalue weighted by Crippen LogP contribution is -2.47. The van der Waals surface area contributed by atoms with Gasteiger partial charge in [0.05, 0.1) is 6.10 Å². The van der Waals surface area contributed by atoms with Crippen molar-refractivity contribution >= 4 is 0 Å². The topological polar surface area (TPSA) is 32.3 Å². The summed E-state index contributed by atoms with van der Waals surface area (Å²) < 4.78 is 0. The van der Waals surface area contributed by atoms with Crippen molar-refractivity contribution in [3.8, 4) is 0 Å². The Morgan fingerprint density at radius 2 is 1.77 bits per heavy atom. The Morgan fingerprint density at radius 1 is 1.23 bits per heavy atom. The van der Waals surface area contributed by atoms with E-state index in [-0.39, 0.29) is 11.6 Å². The van der Waals surface area contributed by atoms with Gasteiger partial charge in [0.15, 0.2) is 0 Å². The molecule has 2 N–H and O–H groups in total. The van der Waals surface area contributed by atoms with Gasteiger partial charge in [-0.1, -0.05) is 6.92 Å². The quantitative estimate of drug-likeness (QED) is 0.705. The summed E-state index contributed by atoms with van der Waals surface area (Å²) >= 11 is 0. The maximum Gasteiger partial charge on any atom is 0.0541 e. The van der Waals surface area contributed by atoms with E-state index in [1.165, 1.54) is 0 Å². The number of aliphatic hydroxyl groups is 1. The first kappa shape index (κ1) is 11.0. The van der Waals surface area contributed by atoms with Gasteiger partial charge in [-0.25, -0.2) is 0 Å². The van der Waals surface area contributed by atoms with Crippen LogP contribution >= 0.6 is 0 Å². The highest BCUT2D eigenvalue weighted by Crippen LogP contribution is 2.21. The summed E-state index contributed by atoms with van der Waals surface area (Å²) in [4.78, 5) is 0. The second-order valence-corrected chi connectivity index (χ2v) is 4.89. The fourth-order valence-electron chi connectivity index (χ4n) is 1.87. The minimum Gasteiger partial charge on any atom is -0.393 e. The normalized spacial score (nSPS) is 30.5. The Balaban J connectivity index is 2.30. The maximum absolute atomic E-state index is 9.35. The summed E-state index contributed by atoms with van der Waals surface area (Å²) in [6.45, 7) is 6.71. The van der Waals surface area contributed by atoms with Crippen molar-refractivity contribution in [3.63, 3.8) is 0 Å². The molecule has 0 amide bonds. The van der Waals surface area contributed by atoms with Gasteiger partial charge in [0, 0.05) is 11.6 Å². The fraction of sp³-hybridized carbons (Fsp3) is 1.00. The number of hydrogen-bond donors (Lipinski definition) is 2. The minimum atomic E-state index is -0.0391. The van der Waals surface area contributed by atoms with Gasteiger partial charge in [0.2, 0.25) is 0 Å². The van der Waals surface area contributed by atoms with E-state index in [2.05, 4.69) is 26.1 Å². The Kier molecular flexibility index (Phi) is 3.74. The van der Waals surface area contributed by atoms with Crippen molar-refractivity contribution in [2.24, 2.45) is 0 Å². The highest BCUT2D eigenvalue weighted by atomic mass is 16.3. The van der Waals surface area contributed by atoms with E-state index < -0.39 is 0 Å². The van der Waals surface area contributed by atoms with E-state index in [1.54, 1.807) is 0 Å². The molecule has 0 heterocycles. The van der Waals surface area contributed by atoms with Crippen LogP contribution in [0.4, 0.5) is 0 Å². The van der Waals surface area contributed by atoms with Crippen molar-refractivity contribution in [2.45, 2.75) is 70.6 Å². The minimum absolute atomic E-state index is 0.0391. The molecule has 0 aromatic carbocycles. The van der Waals surface area contributed by atoms with Crippen LogP contribution in [-0.2, 0) is 0 Å². The molecule has 1 fully saturated rings. The molecule has 1 aliphatic rings. The van der Waals surface area contributed by atoms with Crippen molar-refractivity contribution in [3.05, 3.63) is 0 Å². The zero-order chi connectivity index (χ0) is 9.90. The molecule has 0 aromatic heterocycles. The average Bonchev–Trinajstić information content (AvgIpc) is 2.09. The first-order valence-corrected chi connectivity index (χ1v) is 5.49. The molecule has 1 aliphatic carbocycles. The third-order valence-corrected chi connectivity index (χ3v) is 3.18. The summed E-state index contributed by atoms with van der Waals surface area (Å²) in [5, 5.41) is 13.0. The summed E-state index contributed by atoms with van der Waals surface area (Å²) in [7, 11) is 0. The van der Waals surface area contributed by atoms with Crippen LogP contribution in [0.1, 0.15) is 52.9 Å². The molecule has 0 spiro atoms. The van der Waals surface area contributed by atoms with Crippen LogP contribution in [0.15, 0.2) is 0 Å². The van der Waals surface area contributed by atoms with Crippen LogP contribution in [0.3, 0.4) is 0 Å². The molecule has 0 saturated heterocycles. The van der Waals surface area contributed by atoms with E-state index in [9.17, 15) is 5.11 Å². The SMILES string of the molecule is CCC(C)(C)NC1CCC(O)CC1. The molecule has 0 bridgehead atoms. The first-order valence-electron chi connectivity index (χ1n) is 5.49. The van der Waals surface area contributed by atoms with E-state index in [1.807, 2.05) is 0 Å². The molecule has 1 rings (SSSR count). The maximum atomic E-state index is 9.35. The van der Waals surface area contributed by atoms with Gasteiger partial charge in [-0.05, 0) is 46.0 Å². The second-order valence-electron chi connectivity index (χ2n) is 4.89. The summed E-state index contributed by atoms with van der Waals surface area (Å²) in [5.74, 6) is 0. The zero-order valence-corrected chi connectivity index (χ0v) is 9.14. The smallest absolute Gasteiger partial charge is 0.0541 e. The molecule has 78 valence electrons. The lowest BCUT2D eigenvalue weighted by molar-refractivity contribution is 0.109. The Bertz CT molecular complexity index is 148. The third-order valence-electron chi connectivity index (χ3n) is 3.18. The molecular weight excluding hydrogens is 162 g/mol. The number of rotatable bonds is 3. The molecule has 1 saturated carbocycles. The summed E-state index contributed by atoms with van der Waals surface area (Å²) in [6.07, 6.45) is 5.32. The van der Waals surface area contributed by atoms with Gasteiger partial charge < -0.3 is 10.4 Å². The van der Waals surface area contributed by atoms with Gasteiger partial charge >= 0.3 is 0 Å². The van der Waals surface area contributed by atoms with E-state index in [0.717, 1.165) is 32.1 Å². The fourth-order valence-corrected chi connectivity index (χ4v) is 1.87. The van der Waals surface area contributed by atoms with Crippen LogP contribution < -0.4 is 5.32 Å². The molecule has 0 aliphatic heterocycles. The van der Waals surface area contributed by atoms with E-state index in [4.69, 9.17) is 0 Å². The molecule has 0 radical (unpaired) electrons. The van der Waals surface area contributed by atoms with Gasteiger partial charge in [0.1, 0.15) is 0 Å². The highest BCUT2D eigenvalue weighted by Gasteiger charge is 2.24. The predicted octanol–water partition coefficient (Wildman–Crippen LogP) is 2.07. The van der Waals surface area contributed by atoms with Gasteiger partial charge in [0.25, 0.3) is 0 Å². The Morgan fingerprint density at radius 3 is 2.23 bits per heavy atom. The Labute approximate surface area is 81.7 Å². The zero-order valence-electron chi connectivity index (χ0n) is 9.14. The molecule has 0 atom stereocenters. The lowest BCUT2D eigenvalue weighted by Gasteiger charge is -2.34. The molecule has 13 heavy (non-hydrogen) atoms. The molecule has 0 aromatic rings. The van der Waals surface area contributed by atoms with Crippen LogP contribution in [0.25, 0.3) is 0 Å². The average molecular weight is 185 g/mol. The standard InChI is InChI=1S/C11H23NO/c1-4-11(2,3)12-9-5-7-10(13)8-6-9/h9-10,12-13H,4-8H2,1-3H3. The second kappa shape index (κ2) is 4.43. The van der Waals surface area contributed by atoms with Gasteiger partial charge in [-0.3, -0.25) is 0 Å². The number of nitrogens with one attached hydrogen (secondary N) is 1. The van der Waals surface area contributed by atoms with Crippen molar-refractivity contribution in [1.29, 1.82) is 0 Å². The predicted molar refractivity (Wildman–Crippen MR) is 55.8 cm³/mol. The lowest BCUT2D eigenvalue weighted by atomic mass is 9.90. The van der Waals surface area contributed by atoms with Crippen LogP contribution in [0, 0.1) is 0 Å². The summed E-state index contributed by atoms with van der Waals surface area (Å²) in [6, 6.07) is 0.623. The Hall–Kier alpha value is -0.0800. The molecule has 0 unspecified atom stereocenters. The molecule has 2 heteroatoms. The molecule has 2 nitrogen and oxygen atoms in total. The van der Waals surface area contributed by atoms with Crippen LogP contribution in [0.2, 0.25) is 0 Å². The molecular formula is C11H23NO. The third kappa shape index (κ3) is 3.65. The highest BCUT2D eigenvalue weighted by molar-refractivity contribution is 4.84. The largest absolute Gasteiger partial charge is 0.393 e. The van der Waals surface area contributed by atoms with Crippen LogP contribution in [0.5, 0.6) is 0 Å². The van der Waals surface area contributed by atoms with Gasteiger partial charge in [-0.15, -0.1) is 0 Å².